The normalized spacial score (nSPS) is 19.2. The number of hydrogen-bond acceptors (Lipinski definition) is 4. The van der Waals surface area contributed by atoms with Crippen molar-refractivity contribution in [3.63, 3.8) is 0 Å². The molecule has 2 N–H and O–H groups in total. The highest BCUT2D eigenvalue weighted by molar-refractivity contribution is 7.13. The summed E-state index contributed by atoms with van der Waals surface area (Å²) in [5.74, 6) is -0.0255. The minimum absolute atomic E-state index is 0.0255. The predicted molar refractivity (Wildman–Crippen MR) is 109 cm³/mol. The first-order valence-corrected chi connectivity index (χ1v) is 10.1. The minimum atomic E-state index is -0.0908. The lowest BCUT2D eigenvalue weighted by molar-refractivity contribution is 0.0527. The van der Waals surface area contributed by atoms with Crippen LogP contribution < -0.4 is 5.73 Å². The van der Waals surface area contributed by atoms with Crippen LogP contribution in [0.5, 0.6) is 0 Å². The fraction of sp³-hybridized carbons (Fsp3) is 0.333. The minimum Gasteiger partial charge on any atom is -0.337 e. The molecule has 0 saturated carbocycles. The van der Waals surface area contributed by atoms with Crippen LogP contribution in [0.4, 0.5) is 0 Å². The van der Waals surface area contributed by atoms with E-state index >= 15 is 0 Å². The number of carbonyl (C=O) groups excluding carboxylic acids is 1. The van der Waals surface area contributed by atoms with Crippen molar-refractivity contribution in [1.29, 1.82) is 0 Å². The van der Waals surface area contributed by atoms with Crippen LogP contribution in [0, 0.1) is 5.41 Å². The highest BCUT2D eigenvalue weighted by Gasteiger charge is 2.36. The molecule has 1 aliphatic heterocycles. The Morgan fingerprint density at radius 2 is 2.00 bits per heavy atom. The lowest BCUT2D eigenvalue weighted by Crippen LogP contribution is -2.54. The van der Waals surface area contributed by atoms with E-state index in [0.717, 1.165) is 22.7 Å². The SMILES string of the molecule is CC1(C)CN(C(=O)c2cc(-c3cccs3)n(-c3ccccc3)n2)CCC1N. The van der Waals surface area contributed by atoms with Gasteiger partial charge in [0.05, 0.1) is 16.3 Å². The van der Waals surface area contributed by atoms with E-state index in [4.69, 9.17) is 5.73 Å². The molecule has 0 radical (unpaired) electrons. The maximum Gasteiger partial charge on any atom is 0.274 e. The number of rotatable bonds is 3. The van der Waals surface area contributed by atoms with Gasteiger partial charge in [0.1, 0.15) is 0 Å². The fourth-order valence-corrected chi connectivity index (χ4v) is 4.29. The molecular weight excluding hydrogens is 356 g/mol. The van der Waals surface area contributed by atoms with Crippen LogP contribution in [0.2, 0.25) is 0 Å². The van der Waals surface area contributed by atoms with Crippen molar-refractivity contribution in [3.05, 3.63) is 59.6 Å². The molecule has 0 bridgehead atoms. The first-order chi connectivity index (χ1) is 13.0. The molecule has 6 heteroatoms. The van der Waals surface area contributed by atoms with Gasteiger partial charge in [-0.25, -0.2) is 4.68 Å². The maximum absolute atomic E-state index is 13.2. The molecule has 5 nitrogen and oxygen atoms in total. The zero-order chi connectivity index (χ0) is 19.0. The fourth-order valence-electron chi connectivity index (χ4n) is 3.56. The summed E-state index contributed by atoms with van der Waals surface area (Å²) in [6, 6.07) is 16.0. The van der Waals surface area contributed by atoms with E-state index in [0.29, 0.717) is 18.8 Å². The van der Waals surface area contributed by atoms with Crippen LogP contribution in [0.25, 0.3) is 16.3 Å². The van der Waals surface area contributed by atoms with Crippen molar-refractivity contribution in [2.45, 2.75) is 26.3 Å². The number of likely N-dealkylation sites (tertiary alicyclic amines) is 1. The summed E-state index contributed by atoms with van der Waals surface area (Å²) in [7, 11) is 0. The van der Waals surface area contributed by atoms with E-state index in [9.17, 15) is 4.79 Å². The first-order valence-electron chi connectivity index (χ1n) is 9.20. The molecule has 1 aromatic carbocycles. The van der Waals surface area contributed by atoms with E-state index in [-0.39, 0.29) is 17.4 Å². The number of amides is 1. The summed E-state index contributed by atoms with van der Waals surface area (Å²) in [4.78, 5) is 16.2. The number of carbonyl (C=O) groups is 1. The molecule has 0 aliphatic carbocycles. The Morgan fingerprint density at radius 1 is 1.22 bits per heavy atom. The van der Waals surface area contributed by atoms with Gasteiger partial charge in [-0.2, -0.15) is 5.10 Å². The van der Waals surface area contributed by atoms with E-state index in [1.807, 2.05) is 57.4 Å². The van der Waals surface area contributed by atoms with Crippen molar-refractivity contribution in [1.82, 2.24) is 14.7 Å². The summed E-state index contributed by atoms with van der Waals surface area (Å²) in [5.41, 5.74) is 8.50. The first kappa shape index (κ1) is 17.9. The number of nitrogens with zero attached hydrogens (tertiary/aromatic N) is 3. The molecule has 1 fully saturated rings. The largest absolute Gasteiger partial charge is 0.337 e. The van der Waals surface area contributed by atoms with Crippen molar-refractivity contribution >= 4 is 17.2 Å². The molecule has 1 aliphatic rings. The van der Waals surface area contributed by atoms with Gasteiger partial charge in [-0.15, -0.1) is 11.3 Å². The molecule has 1 atom stereocenters. The van der Waals surface area contributed by atoms with Gasteiger partial charge in [0, 0.05) is 19.1 Å². The molecule has 4 rings (SSSR count). The summed E-state index contributed by atoms with van der Waals surface area (Å²) in [5, 5.41) is 6.71. The number of nitrogens with two attached hydrogens (primary N) is 1. The number of hydrogen-bond donors (Lipinski definition) is 1. The van der Waals surface area contributed by atoms with Crippen LogP contribution in [0.1, 0.15) is 30.8 Å². The molecule has 2 aromatic heterocycles. The summed E-state index contributed by atoms with van der Waals surface area (Å²) < 4.78 is 1.86. The Kier molecular flexibility index (Phi) is 4.61. The number of thiophene rings is 1. The van der Waals surface area contributed by atoms with Gasteiger partial charge < -0.3 is 10.6 Å². The molecule has 3 aromatic rings. The number of aromatic nitrogens is 2. The summed E-state index contributed by atoms with van der Waals surface area (Å²) >= 11 is 1.64. The molecule has 3 heterocycles. The third-order valence-electron chi connectivity index (χ3n) is 5.30. The second-order valence-electron chi connectivity index (χ2n) is 7.75. The van der Waals surface area contributed by atoms with Crippen LogP contribution >= 0.6 is 11.3 Å². The predicted octanol–water partition coefficient (Wildman–Crippen LogP) is 3.80. The Bertz CT molecular complexity index is 931. The van der Waals surface area contributed by atoms with Gasteiger partial charge in [-0.1, -0.05) is 38.1 Å². The Hall–Kier alpha value is -2.44. The number of para-hydroxylation sites is 1. The van der Waals surface area contributed by atoms with Crippen LogP contribution in [0.3, 0.4) is 0 Å². The molecule has 1 amide bonds. The van der Waals surface area contributed by atoms with Crippen LogP contribution in [-0.4, -0.2) is 39.7 Å². The molecule has 1 saturated heterocycles. The smallest absolute Gasteiger partial charge is 0.274 e. The van der Waals surface area contributed by atoms with E-state index in [1.165, 1.54) is 0 Å². The molecule has 27 heavy (non-hydrogen) atoms. The van der Waals surface area contributed by atoms with Crippen LogP contribution in [-0.2, 0) is 0 Å². The van der Waals surface area contributed by atoms with Crippen molar-refractivity contribution in [2.75, 3.05) is 13.1 Å². The average molecular weight is 381 g/mol. The summed E-state index contributed by atoms with van der Waals surface area (Å²) in [6.45, 7) is 5.57. The van der Waals surface area contributed by atoms with Gasteiger partial charge >= 0.3 is 0 Å². The standard InChI is InChI=1S/C21H24N4OS/c1-21(2)14-24(11-10-19(21)22)20(26)16-13-17(18-9-6-12-27-18)25(23-16)15-7-4-3-5-8-15/h3-9,12-13,19H,10-11,14,22H2,1-2H3. The van der Waals surface area contributed by atoms with Gasteiger partial charge in [0.25, 0.3) is 5.91 Å². The van der Waals surface area contributed by atoms with Crippen molar-refractivity contribution in [2.24, 2.45) is 11.1 Å². The van der Waals surface area contributed by atoms with Crippen molar-refractivity contribution < 1.29 is 4.79 Å². The van der Waals surface area contributed by atoms with Crippen LogP contribution in [0.15, 0.2) is 53.9 Å². The molecular formula is C21H24N4OS. The Morgan fingerprint density at radius 3 is 2.67 bits per heavy atom. The van der Waals surface area contributed by atoms with Gasteiger partial charge in [-0.3, -0.25) is 4.79 Å². The number of benzene rings is 1. The molecule has 140 valence electrons. The van der Waals surface area contributed by atoms with E-state index in [2.05, 4.69) is 25.0 Å². The average Bonchev–Trinajstić information content (AvgIpc) is 3.33. The zero-order valence-corrected chi connectivity index (χ0v) is 16.4. The topological polar surface area (TPSA) is 64.2 Å². The highest BCUT2D eigenvalue weighted by atomic mass is 32.1. The van der Waals surface area contributed by atoms with Crippen molar-refractivity contribution in [3.8, 4) is 16.3 Å². The summed E-state index contributed by atoms with van der Waals surface area (Å²) in [6.07, 6.45) is 0.815. The third-order valence-corrected chi connectivity index (χ3v) is 6.19. The maximum atomic E-state index is 13.2. The lowest BCUT2D eigenvalue weighted by Gasteiger charge is -2.42. The zero-order valence-electron chi connectivity index (χ0n) is 15.6. The highest BCUT2D eigenvalue weighted by Crippen LogP contribution is 2.31. The Balaban J connectivity index is 1.71. The van der Waals surface area contributed by atoms with E-state index < -0.39 is 0 Å². The quantitative estimate of drug-likeness (QED) is 0.752. The van der Waals surface area contributed by atoms with E-state index in [1.54, 1.807) is 11.3 Å². The molecule has 1 unspecified atom stereocenters. The second-order valence-corrected chi connectivity index (χ2v) is 8.70. The third kappa shape index (κ3) is 3.42. The Labute approximate surface area is 163 Å². The number of piperidine rings is 1. The second kappa shape index (κ2) is 6.94. The lowest BCUT2D eigenvalue weighted by atomic mass is 9.79. The van der Waals surface area contributed by atoms with Gasteiger partial charge in [-0.05, 0) is 41.5 Å². The van der Waals surface area contributed by atoms with Gasteiger partial charge in [0.15, 0.2) is 5.69 Å². The molecule has 0 spiro atoms. The van der Waals surface area contributed by atoms with Gasteiger partial charge in [0.2, 0.25) is 0 Å². The monoisotopic (exact) mass is 380 g/mol.